The van der Waals surface area contributed by atoms with Crippen molar-refractivity contribution < 1.29 is 4.74 Å². The fourth-order valence-corrected chi connectivity index (χ4v) is 2.13. The molecular formula is C16H19ClN2O. The van der Waals surface area contributed by atoms with Gasteiger partial charge in [0.15, 0.2) is 0 Å². The molecule has 2 rings (SSSR count). The monoisotopic (exact) mass is 290 g/mol. The van der Waals surface area contributed by atoms with Crippen LogP contribution in [0, 0.1) is 6.92 Å². The van der Waals surface area contributed by atoms with Gasteiger partial charge in [-0.15, -0.1) is 0 Å². The second-order valence-electron chi connectivity index (χ2n) is 4.97. The Morgan fingerprint density at radius 2 is 2.10 bits per heavy atom. The van der Waals surface area contributed by atoms with Crippen LogP contribution in [0.4, 0.5) is 5.69 Å². The first-order valence-electron chi connectivity index (χ1n) is 6.67. The number of hydrogen-bond acceptors (Lipinski definition) is 3. The average molecular weight is 291 g/mol. The van der Waals surface area contributed by atoms with Gasteiger partial charge in [-0.05, 0) is 50.1 Å². The Morgan fingerprint density at radius 3 is 2.80 bits per heavy atom. The van der Waals surface area contributed by atoms with Crippen molar-refractivity contribution in [1.82, 2.24) is 4.98 Å². The van der Waals surface area contributed by atoms with E-state index in [4.69, 9.17) is 16.3 Å². The highest BCUT2D eigenvalue weighted by molar-refractivity contribution is 6.31. The summed E-state index contributed by atoms with van der Waals surface area (Å²) < 4.78 is 5.68. The van der Waals surface area contributed by atoms with Crippen molar-refractivity contribution in [3.8, 4) is 5.88 Å². The van der Waals surface area contributed by atoms with E-state index in [0.717, 1.165) is 21.8 Å². The van der Waals surface area contributed by atoms with Crippen LogP contribution in [0.5, 0.6) is 5.88 Å². The van der Waals surface area contributed by atoms with E-state index in [9.17, 15) is 0 Å². The lowest BCUT2D eigenvalue weighted by atomic mass is 10.1. The zero-order valence-electron chi connectivity index (χ0n) is 12.0. The molecule has 3 nitrogen and oxygen atoms in total. The van der Waals surface area contributed by atoms with E-state index in [1.165, 1.54) is 0 Å². The van der Waals surface area contributed by atoms with E-state index < -0.39 is 0 Å². The minimum absolute atomic E-state index is 0.0911. The van der Waals surface area contributed by atoms with Crippen LogP contribution in [0.1, 0.15) is 25.0 Å². The van der Waals surface area contributed by atoms with Crippen LogP contribution in [0.3, 0.4) is 0 Å². The number of nitrogens with one attached hydrogen (secondary N) is 1. The molecular weight excluding hydrogens is 272 g/mol. The summed E-state index contributed by atoms with van der Waals surface area (Å²) in [5, 5.41) is 4.09. The van der Waals surface area contributed by atoms with Crippen LogP contribution in [0.2, 0.25) is 5.02 Å². The lowest BCUT2D eigenvalue weighted by molar-refractivity contribution is 0.234. The van der Waals surface area contributed by atoms with Crippen LogP contribution >= 0.6 is 11.6 Å². The molecule has 1 heterocycles. The van der Waals surface area contributed by atoms with Crippen molar-refractivity contribution in [2.45, 2.75) is 33.4 Å². The molecule has 0 aliphatic rings. The topological polar surface area (TPSA) is 34.2 Å². The summed E-state index contributed by atoms with van der Waals surface area (Å²) in [5.41, 5.74) is 3.08. The van der Waals surface area contributed by atoms with Gasteiger partial charge in [0.2, 0.25) is 5.88 Å². The molecule has 0 aliphatic carbocycles. The number of aryl methyl sites for hydroxylation is 1. The number of aromatic nitrogens is 1. The maximum Gasteiger partial charge on any atom is 0.237 e. The van der Waals surface area contributed by atoms with Gasteiger partial charge >= 0.3 is 0 Å². The fourth-order valence-electron chi connectivity index (χ4n) is 1.83. The van der Waals surface area contributed by atoms with Gasteiger partial charge < -0.3 is 10.1 Å². The molecule has 1 N–H and O–H groups in total. The van der Waals surface area contributed by atoms with Crippen molar-refractivity contribution in [3.05, 3.63) is 52.7 Å². The van der Waals surface area contributed by atoms with Gasteiger partial charge in [0.1, 0.15) is 0 Å². The molecule has 1 aromatic carbocycles. The molecule has 106 valence electrons. The van der Waals surface area contributed by atoms with Gasteiger partial charge in [0, 0.05) is 17.8 Å². The van der Waals surface area contributed by atoms with Gasteiger partial charge in [0.25, 0.3) is 0 Å². The third kappa shape index (κ3) is 3.87. The molecule has 20 heavy (non-hydrogen) atoms. The number of halogens is 1. The maximum absolute atomic E-state index is 6.23. The Hall–Kier alpha value is -1.74. The second kappa shape index (κ2) is 6.62. The Labute approximate surface area is 124 Å². The Kier molecular flexibility index (Phi) is 4.85. The normalized spacial score (nSPS) is 10.7. The van der Waals surface area contributed by atoms with Crippen molar-refractivity contribution in [3.63, 3.8) is 0 Å². The summed E-state index contributed by atoms with van der Waals surface area (Å²) in [6.45, 7) is 6.63. The van der Waals surface area contributed by atoms with E-state index in [1.807, 2.05) is 45.0 Å². The highest BCUT2D eigenvalue weighted by Gasteiger charge is 2.07. The lowest BCUT2D eigenvalue weighted by Crippen LogP contribution is -2.10. The molecule has 4 heteroatoms. The molecule has 0 bridgehead atoms. The van der Waals surface area contributed by atoms with E-state index in [2.05, 4.69) is 16.4 Å². The van der Waals surface area contributed by atoms with Gasteiger partial charge in [-0.2, -0.15) is 0 Å². The van der Waals surface area contributed by atoms with Crippen molar-refractivity contribution in [1.29, 1.82) is 0 Å². The standard InChI is InChI=1S/C16H19ClN2O/c1-11(2)20-16-15(5-4-8-18-16)19-10-13-7-6-12(3)9-14(13)17/h4-9,11,19H,10H2,1-3H3. The van der Waals surface area contributed by atoms with Gasteiger partial charge in [0.05, 0.1) is 11.8 Å². The van der Waals surface area contributed by atoms with E-state index in [-0.39, 0.29) is 6.10 Å². The zero-order valence-corrected chi connectivity index (χ0v) is 12.7. The van der Waals surface area contributed by atoms with Crippen LogP contribution in [0.25, 0.3) is 0 Å². The SMILES string of the molecule is Cc1ccc(CNc2cccnc2OC(C)C)c(Cl)c1. The summed E-state index contributed by atoms with van der Waals surface area (Å²) in [7, 11) is 0. The molecule has 0 saturated carbocycles. The Balaban J connectivity index is 2.10. The summed E-state index contributed by atoms with van der Waals surface area (Å²) in [4.78, 5) is 4.25. The summed E-state index contributed by atoms with van der Waals surface area (Å²) in [6, 6.07) is 9.88. The minimum atomic E-state index is 0.0911. The molecule has 0 radical (unpaired) electrons. The molecule has 0 amide bonds. The van der Waals surface area contributed by atoms with Gasteiger partial charge in [-0.3, -0.25) is 0 Å². The van der Waals surface area contributed by atoms with Gasteiger partial charge in [-0.1, -0.05) is 23.7 Å². The van der Waals surface area contributed by atoms with Gasteiger partial charge in [-0.25, -0.2) is 4.98 Å². The predicted octanol–water partition coefficient (Wildman–Crippen LogP) is 4.44. The second-order valence-corrected chi connectivity index (χ2v) is 5.38. The quantitative estimate of drug-likeness (QED) is 0.884. The fraction of sp³-hybridized carbons (Fsp3) is 0.312. The Bertz CT molecular complexity index is 584. The third-order valence-electron chi connectivity index (χ3n) is 2.80. The summed E-state index contributed by atoms with van der Waals surface area (Å²) in [6.07, 6.45) is 1.82. The zero-order chi connectivity index (χ0) is 14.5. The predicted molar refractivity (Wildman–Crippen MR) is 83.5 cm³/mol. The number of ether oxygens (including phenoxy) is 1. The van der Waals surface area contributed by atoms with Crippen LogP contribution in [-0.4, -0.2) is 11.1 Å². The molecule has 2 aromatic rings. The first-order valence-corrected chi connectivity index (χ1v) is 7.04. The molecule has 0 spiro atoms. The van der Waals surface area contributed by atoms with Crippen LogP contribution in [0.15, 0.2) is 36.5 Å². The van der Waals surface area contributed by atoms with E-state index in [1.54, 1.807) is 6.20 Å². The molecule has 0 atom stereocenters. The molecule has 0 unspecified atom stereocenters. The van der Waals surface area contributed by atoms with Crippen molar-refractivity contribution >= 4 is 17.3 Å². The van der Waals surface area contributed by atoms with Crippen molar-refractivity contribution in [2.24, 2.45) is 0 Å². The lowest BCUT2D eigenvalue weighted by Gasteiger charge is -2.14. The Morgan fingerprint density at radius 1 is 1.30 bits per heavy atom. The third-order valence-corrected chi connectivity index (χ3v) is 3.15. The number of benzene rings is 1. The summed E-state index contributed by atoms with van der Waals surface area (Å²) in [5.74, 6) is 0.616. The number of pyridine rings is 1. The first kappa shape index (κ1) is 14.7. The minimum Gasteiger partial charge on any atom is -0.473 e. The smallest absolute Gasteiger partial charge is 0.237 e. The van der Waals surface area contributed by atoms with Crippen LogP contribution in [-0.2, 0) is 6.54 Å². The largest absolute Gasteiger partial charge is 0.473 e. The number of hydrogen-bond donors (Lipinski definition) is 1. The number of anilines is 1. The highest BCUT2D eigenvalue weighted by Crippen LogP contribution is 2.24. The average Bonchev–Trinajstić information content (AvgIpc) is 2.39. The highest BCUT2D eigenvalue weighted by atomic mass is 35.5. The van der Waals surface area contributed by atoms with Crippen LogP contribution < -0.4 is 10.1 Å². The van der Waals surface area contributed by atoms with E-state index in [0.29, 0.717) is 12.4 Å². The molecule has 1 aromatic heterocycles. The molecule has 0 fully saturated rings. The molecule has 0 aliphatic heterocycles. The summed E-state index contributed by atoms with van der Waals surface area (Å²) >= 11 is 6.23. The number of rotatable bonds is 5. The number of nitrogens with zero attached hydrogens (tertiary/aromatic N) is 1. The maximum atomic E-state index is 6.23. The molecule has 0 saturated heterocycles. The van der Waals surface area contributed by atoms with E-state index >= 15 is 0 Å². The first-order chi connectivity index (χ1) is 9.56. The van der Waals surface area contributed by atoms with Crippen molar-refractivity contribution in [2.75, 3.05) is 5.32 Å².